The molecule has 2 N–H and O–H groups in total. The lowest BCUT2D eigenvalue weighted by Gasteiger charge is -2.17. The van der Waals surface area contributed by atoms with E-state index >= 15 is 0 Å². The molecule has 1 atom stereocenters. The van der Waals surface area contributed by atoms with E-state index in [9.17, 15) is 0 Å². The van der Waals surface area contributed by atoms with E-state index in [0.29, 0.717) is 11.5 Å². The van der Waals surface area contributed by atoms with E-state index in [1.165, 1.54) is 0 Å². The first-order valence-electron chi connectivity index (χ1n) is 5.84. The van der Waals surface area contributed by atoms with Crippen molar-refractivity contribution < 1.29 is 9.47 Å². The molecule has 1 heterocycles. The van der Waals surface area contributed by atoms with Crippen LogP contribution in [0.25, 0.3) is 0 Å². The van der Waals surface area contributed by atoms with Gasteiger partial charge in [-0.3, -0.25) is 4.98 Å². The number of ether oxygens (including phenoxy) is 2. The number of aromatic nitrogens is 1. The van der Waals surface area contributed by atoms with Crippen LogP contribution in [0.5, 0.6) is 11.5 Å². The molecular formula is C14H14Br2N2O2. The summed E-state index contributed by atoms with van der Waals surface area (Å²) in [5, 5.41) is 0. The van der Waals surface area contributed by atoms with Crippen LogP contribution in [-0.2, 0) is 0 Å². The molecule has 0 amide bonds. The molecule has 1 aromatic heterocycles. The molecule has 0 fully saturated rings. The summed E-state index contributed by atoms with van der Waals surface area (Å²) in [6.07, 6.45) is 3.47. The maximum Gasteiger partial charge on any atom is 0.161 e. The zero-order valence-electron chi connectivity index (χ0n) is 11.1. The van der Waals surface area contributed by atoms with Gasteiger partial charge in [-0.2, -0.15) is 0 Å². The van der Waals surface area contributed by atoms with E-state index in [2.05, 4.69) is 36.8 Å². The smallest absolute Gasteiger partial charge is 0.161 e. The number of methoxy groups -OCH3 is 2. The van der Waals surface area contributed by atoms with Gasteiger partial charge in [-0.15, -0.1) is 0 Å². The third-order valence-electron chi connectivity index (χ3n) is 2.92. The quantitative estimate of drug-likeness (QED) is 0.848. The van der Waals surface area contributed by atoms with Crippen LogP contribution in [0.2, 0.25) is 0 Å². The molecule has 0 aliphatic heterocycles. The van der Waals surface area contributed by atoms with Gasteiger partial charge in [0.1, 0.15) is 0 Å². The van der Waals surface area contributed by atoms with Crippen molar-refractivity contribution in [2.45, 2.75) is 6.04 Å². The Morgan fingerprint density at radius 3 is 2.30 bits per heavy atom. The number of benzene rings is 1. The second-order valence-corrected chi connectivity index (χ2v) is 5.91. The molecule has 2 aromatic rings. The van der Waals surface area contributed by atoms with Crippen molar-refractivity contribution in [3.05, 3.63) is 50.7 Å². The molecule has 0 bridgehead atoms. The molecule has 0 saturated carbocycles. The zero-order chi connectivity index (χ0) is 14.7. The third-order valence-corrected chi connectivity index (χ3v) is 4.04. The van der Waals surface area contributed by atoms with Crippen LogP contribution in [-0.4, -0.2) is 19.2 Å². The minimum Gasteiger partial charge on any atom is -0.493 e. The molecule has 0 aliphatic carbocycles. The predicted molar refractivity (Wildman–Crippen MR) is 85.2 cm³/mol. The average Bonchev–Trinajstić information content (AvgIpc) is 2.46. The predicted octanol–water partition coefficient (Wildman–Crippen LogP) is 3.67. The van der Waals surface area contributed by atoms with Gasteiger partial charge in [0.25, 0.3) is 0 Å². The number of rotatable bonds is 4. The highest BCUT2D eigenvalue weighted by molar-refractivity contribution is 9.10. The lowest BCUT2D eigenvalue weighted by molar-refractivity contribution is 0.354. The number of nitrogens with two attached hydrogens (primary N) is 1. The van der Waals surface area contributed by atoms with Crippen molar-refractivity contribution in [3.63, 3.8) is 0 Å². The molecule has 1 unspecified atom stereocenters. The van der Waals surface area contributed by atoms with E-state index in [0.717, 1.165) is 20.1 Å². The minimum absolute atomic E-state index is 0.311. The van der Waals surface area contributed by atoms with E-state index in [-0.39, 0.29) is 6.04 Å². The standard InChI is InChI=1S/C14H14Br2N2O2/c1-19-12-4-10(11(16)5-13(12)20-2)14(17)8-3-9(15)7-18-6-8/h3-7,14H,17H2,1-2H3. The molecule has 106 valence electrons. The fraction of sp³-hybridized carbons (Fsp3) is 0.214. The van der Waals surface area contributed by atoms with Crippen LogP contribution < -0.4 is 15.2 Å². The summed E-state index contributed by atoms with van der Waals surface area (Å²) in [6, 6.07) is 5.35. The van der Waals surface area contributed by atoms with Crippen LogP contribution in [0.4, 0.5) is 0 Å². The highest BCUT2D eigenvalue weighted by atomic mass is 79.9. The van der Waals surface area contributed by atoms with Gasteiger partial charge in [0.15, 0.2) is 11.5 Å². The molecule has 2 rings (SSSR count). The Labute approximate surface area is 134 Å². The fourth-order valence-corrected chi connectivity index (χ4v) is 2.84. The Kier molecular flexibility index (Phi) is 5.01. The minimum atomic E-state index is -0.311. The van der Waals surface area contributed by atoms with E-state index in [4.69, 9.17) is 15.2 Å². The first kappa shape index (κ1) is 15.3. The van der Waals surface area contributed by atoms with E-state index in [1.807, 2.05) is 18.2 Å². The number of nitrogens with zero attached hydrogens (tertiary/aromatic N) is 1. The first-order valence-corrected chi connectivity index (χ1v) is 7.43. The third kappa shape index (κ3) is 3.13. The Balaban J connectivity index is 2.46. The first-order chi connectivity index (χ1) is 9.56. The van der Waals surface area contributed by atoms with Crippen LogP contribution in [0.1, 0.15) is 17.2 Å². The summed E-state index contributed by atoms with van der Waals surface area (Å²) >= 11 is 6.92. The Morgan fingerprint density at radius 1 is 1.05 bits per heavy atom. The van der Waals surface area contributed by atoms with Gasteiger partial charge < -0.3 is 15.2 Å². The van der Waals surface area contributed by atoms with Gasteiger partial charge in [0, 0.05) is 21.3 Å². The summed E-state index contributed by atoms with van der Waals surface area (Å²) in [6.45, 7) is 0. The average molecular weight is 402 g/mol. The molecule has 0 radical (unpaired) electrons. The summed E-state index contributed by atoms with van der Waals surface area (Å²) in [5.74, 6) is 1.30. The van der Waals surface area contributed by atoms with Gasteiger partial charge in [-0.05, 0) is 45.3 Å². The van der Waals surface area contributed by atoms with Crippen molar-refractivity contribution in [3.8, 4) is 11.5 Å². The van der Waals surface area contributed by atoms with Gasteiger partial charge in [-0.1, -0.05) is 15.9 Å². The summed E-state index contributed by atoms with van der Waals surface area (Å²) in [4.78, 5) is 4.14. The molecular weight excluding hydrogens is 388 g/mol. The van der Waals surface area contributed by atoms with Crippen molar-refractivity contribution in [1.29, 1.82) is 0 Å². The molecule has 20 heavy (non-hydrogen) atoms. The van der Waals surface area contributed by atoms with Gasteiger partial charge in [-0.25, -0.2) is 0 Å². The monoisotopic (exact) mass is 400 g/mol. The highest BCUT2D eigenvalue weighted by Crippen LogP contribution is 2.37. The lowest BCUT2D eigenvalue weighted by atomic mass is 10.0. The summed E-state index contributed by atoms with van der Waals surface area (Å²) < 4.78 is 12.3. The van der Waals surface area contributed by atoms with Crippen LogP contribution in [0, 0.1) is 0 Å². The SMILES string of the molecule is COc1cc(Br)c(C(N)c2cncc(Br)c2)cc1OC. The van der Waals surface area contributed by atoms with Gasteiger partial charge >= 0.3 is 0 Å². The second kappa shape index (κ2) is 6.56. The van der Waals surface area contributed by atoms with Crippen molar-refractivity contribution in [1.82, 2.24) is 4.98 Å². The van der Waals surface area contributed by atoms with Crippen molar-refractivity contribution in [2.24, 2.45) is 5.73 Å². The second-order valence-electron chi connectivity index (χ2n) is 4.14. The molecule has 4 nitrogen and oxygen atoms in total. The normalized spacial score (nSPS) is 12.1. The summed E-state index contributed by atoms with van der Waals surface area (Å²) in [7, 11) is 3.20. The number of pyridine rings is 1. The van der Waals surface area contributed by atoms with E-state index < -0.39 is 0 Å². The molecule has 0 spiro atoms. The van der Waals surface area contributed by atoms with Crippen molar-refractivity contribution >= 4 is 31.9 Å². The van der Waals surface area contributed by atoms with Gasteiger partial charge in [0.2, 0.25) is 0 Å². The Hall–Kier alpha value is -1.11. The Bertz CT molecular complexity index is 620. The number of halogens is 2. The molecule has 0 saturated heterocycles. The Morgan fingerprint density at radius 2 is 1.70 bits per heavy atom. The lowest BCUT2D eigenvalue weighted by Crippen LogP contribution is -2.13. The molecule has 1 aromatic carbocycles. The summed E-state index contributed by atoms with van der Waals surface area (Å²) in [5.41, 5.74) is 8.13. The zero-order valence-corrected chi connectivity index (χ0v) is 14.2. The maximum absolute atomic E-state index is 6.31. The largest absolute Gasteiger partial charge is 0.493 e. The fourth-order valence-electron chi connectivity index (χ4n) is 1.89. The van der Waals surface area contributed by atoms with Crippen LogP contribution in [0.3, 0.4) is 0 Å². The van der Waals surface area contributed by atoms with Crippen LogP contribution in [0.15, 0.2) is 39.5 Å². The van der Waals surface area contributed by atoms with Crippen LogP contribution >= 0.6 is 31.9 Å². The number of hydrogen-bond acceptors (Lipinski definition) is 4. The maximum atomic E-state index is 6.31. The topological polar surface area (TPSA) is 57.4 Å². The van der Waals surface area contributed by atoms with E-state index in [1.54, 1.807) is 26.6 Å². The number of hydrogen-bond donors (Lipinski definition) is 1. The molecule has 0 aliphatic rings. The molecule has 6 heteroatoms. The van der Waals surface area contributed by atoms with Crippen molar-refractivity contribution in [2.75, 3.05) is 14.2 Å². The van der Waals surface area contributed by atoms with Gasteiger partial charge in [0.05, 0.1) is 20.3 Å². The highest BCUT2D eigenvalue weighted by Gasteiger charge is 2.17.